The zero-order valence-corrected chi connectivity index (χ0v) is 10.3. The first kappa shape index (κ1) is 12.1. The van der Waals surface area contributed by atoms with Gasteiger partial charge >= 0.3 is 0 Å². The van der Waals surface area contributed by atoms with E-state index >= 15 is 0 Å². The van der Waals surface area contributed by atoms with Crippen LogP contribution in [0.2, 0.25) is 0 Å². The van der Waals surface area contributed by atoms with Crippen molar-refractivity contribution in [2.24, 2.45) is 0 Å². The Bertz CT molecular complexity index is 476. The summed E-state index contributed by atoms with van der Waals surface area (Å²) < 4.78 is 5.47. The van der Waals surface area contributed by atoms with Gasteiger partial charge < -0.3 is 14.8 Å². The van der Waals surface area contributed by atoms with Crippen LogP contribution in [0.1, 0.15) is 25.8 Å². The highest BCUT2D eigenvalue weighted by Gasteiger charge is 2.08. The van der Waals surface area contributed by atoms with Gasteiger partial charge in [-0.25, -0.2) is 0 Å². The van der Waals surface area contributed by atoms with Gasteiger partial charge in [-0.2, -0.15) is 0 Å². The van der Waals surface area contributed by atoms with Crippen molar-refractivity contribution in [1.29, 1.82) is 0 Å². The Labute approximate surface area is 101 Å². The molecule has 2 aromatic rings. The Morgan fingerprint density at radius 2 is 2.06 bits per heavy atom. The number of fused-ring (bicyclic) bond motifs is 1. The van der Waals surface area contributed by atoms with Crippen LogP contribution >= 0.6 is 0 Å². The lowest BCUT2D eigenvalue weighted by Crippen LogP contribution is -2.28. The average molecular weight is 233 g/mol. The third kappa shape index (κ3) is 3.08. The normalized spacial score (nSPS) is 15.0. The molecule has 1 heterocycles. The first-order valence-electron chi connectivity index (χ1n) is 6.03. The molecule has 0 saturated carbocycles. The third-order valence-electron chi connectivity index (χ3n) is 2.90. The van der Waals surface area contributed by atoms with Crippen molar-refractivity contribution < 1.29 is 9.52 Å². The summed E-state index contributed by atoms with van der Waals surface area (Å²) in [5, 5.41) is 13.8. The molecule has 3 heteroatoms. The maximum absolute atomic E-state index is 9.29. The molecule has 2 atom stereocenters. The molecule has 0 aliphatic carbocycles. The molecule has 2 rings (SSSR count). The predicted octanol–water partition coefficient (Wildman–Crippen LogP) is 2.68. The van der Waals surface area contributed by atoms with Crippen LogP contribution < -0.4 is 5.32 Å². The average Bonchev–Trinajstić information content (AvgIpc) is 2.69. The minimum absolute atomic E-state index is 0.265. The summed E-state index contributed by atoms with van der Waals surface area (Å²) in [5.41, 5.74) is 2.09. The largest absolute Gasteiger partial charge is 0.464 e. The minimum atomic E-state index is -0.265. The molecular weight excluding hydrogens is 214 g/mol. The first-order chi connectivity index (χ1) is 8.16. The highest BCUT2D eigenvalue weighted by atomic mass is 16.3. The van der Waals surface area contributed by atoms with Crippen LogP contribution in [-0.4, -0.2) is 17.3 Å². The van der Waals surface area contributed by atoms with Gasteiger partial charge in [-0.1, -0.05) is 18.2 Å². The van der Waals surface area contributed by atoms with E-state index in [-0.39, 0.29) is 6.10 Å². The molecule has 0 bridgehead atoms. The summed E-state index contributed by atoms with van der Waals surface area (Å²) in [4.78, 5) is 0. The molecule has 2 N–H and O–H groups in total. The van der Waals surface area contributed by atoms with Gasteiger partial charge in [0.05, 0.1) is 12.4 Å². The summed E-state index contributed by atoms with van der Waals surface area (Å²) >= 11 is 0. The van der Waals surface area contributed by atoms with Crippen molar-refractivity contribution in [3.8, 4) is 0 Å². The molecule has 0 radical (unpaired) electrons. The van der Waals surface area contributed by atoms with E-state index in [0.717, 1.165) is 29.5 Å². The first-order valence-corrected chi connectivity index (χ1v) is 6.03. The number of hydrogen-bond acceptors (Lipinski definition) is 3. The standard InChI is InChI=1S/C14H19NO2/c1-10(7-11(2)16)15-8-12-9-17-14-6-4-3-5-13(12)14/h3-6,9-11,15-16H,7-8H2,1-2H3. The van der Waals surface area contributed by atoms with Crippen LogP contribution in [0.4, 0.5) is 0 Å². The maximum Gasteiger partial charge on any atom is 0.134 e. The van der Waals surface area contributed by atoms with Crippen molar-refractivity contribution in [2.45, 2.75) is 39.0 Å². The fourth-order valence-corrected chi connectivity index (χ4v) is 2.05. The number of furan rings is 1. The second-order valence-corrected chi connectivity index (χ2v) is 4.62. The molecule has 0 aliphatic rings. The van der Waals surface area contributed by atoms with Crippen molar-refractivity contribution in [3.05, 3.63) is 36.1 Å². The van der Waals surface area contributed by atoms with Gasteiger partial charge in [-0.05, 0) is 26.3 Å². The molecule has 0 saturated heterocycles. The van der Waals surface area contributed by atoms with Crippen LogP contribution in [0.15, 0.2) is 34.9 Å². The zero-order valence-electron chi connectivity index (χ0n) is 10.3. The van der Waals surface area contributed by atoms with Gasteiger partial charge in [-0.3, -0.25) is 0 Å². The van der Waals surface area contributed by atoms with E-state index in [9.17, 15) is 5.11 Å². The predicted molar refractivity (Wildman–Crippen MR) is 68.8 cm³/mol. The van der Waals surface area contributed by atoms with E-state index in [1.165, 1.54) is 0 Å². The molecule has 17 heavy (non-hydrogen) atoms. The van der Waals surface area contributed by atoms with Crippen LogP contribution in [0.3, 0.4) is 0 Å². The van der Waals surface area contributed by atoms with E-state index in [1.54, 1.807) is 6.26 Å². The molecule has 2 unspecified atom stereocenters. The summed E-state index contributed by atoms with van der Waals surface area (Å²) in [6.45, 7) is 4.66. The monoisotopic (exact) mass is 233 g/mol. The Morgan fingerprint density at radius 3 is 2.82 bits per heavy atom. The summed E-state index contributed by atoms with van der Waals surface area (Å²) in [6, 6.07) is 8.32. The van der Waals surface area contributed by atoms with E-state index in [1.807, 2.05) is 25.1 Å². The number of aliphatic hydroxyl groups excluding tert-OH is 1. The lowest BCUT2D eigenvalue weighted by Gasteiger charge is -2.14. The second-order valence-electron chi connectivity index (χ2n) is 4.62. The fraction of sp³-hybridized carbons (Fsp3) is 0.429. The van der Waals surface area contributed by atoms with Crippen molar-refractivity contribution in [3.63, 3.8) is 0 Å². The minimum Gasteiger partial charge on any atom is -0.464 e. The smallest absolute Gasteiger partial charge is 0.134 e. The van der Waals surface area contributed by atoms with Gasteiger partial charge in [0.1, 0.15) is 5.58 Å². The molecular formula is C14H19NO2. The van der Waals surface area contributed by atoms with Gasteiger partial charge in [0.15, 0.2) is 0 Å². The van der Waals surface area contributed by atoms with Gasteiger partial charge in [0.25, 0.3) is 0 Å². The SMILES string of the molecule is CC(O)CC(C)NCc1coc2ccccc12. The van der Waals surface area contributed by atoms with E-state index < -0.39 is 0 Å². The number of rotatable bonds is 5. The molecule has 0 amide bonds. The lowest BCUT2D eigenvalue weighted by molar-refractivity contribution is 0.170. The fourth-order valence-electron chi connectivity index (χ4n) is 2.05. The maximum atomic E-state index is 9.29. The Balaban J connectivity index is 1.99. The second kappa shape index (κ2) is 5.34. The Kier molecular flexibility index (Phi) is 3.82. The van der Waals surface area contributed by atoms with Crippen LogP contribution in [0.25, 0.3) is 11.0 Å². The van der Waals surface area contributed by atoms with E-state index in [0.29, 0.717) is 6.04 Å². The zero-order chi connectivity index (χ0) is 12.3. The van der Waals surface area contributed by atoms with Crippen LogP contribution in [0, 0.1) is 0 Å². The Hall–Kier alpha value is -1.32. The Morgan fingerprint density at radius 1 is 1.29 bits per heavy atom. The van der Waals surface area contributed by atoms with Crippen molar-refractivity contribution in [1.82, 2.24) is 5.32 Å². The number of benzene rings is 1. The molecule has 92 valence electrons. The van der Waals surface area contributed by atoms with Gasteiger partial charge in [-0.15, -0.1) is 0 Å². The number of hydrogen-bond donors (Lipinski definition) is 2. The van der Waals surface area contributed by atoms with Crippen LogP contribution in [0.5, 0.6) is 0 Å². The third-order valence-corrected chi connectivity index (χ3v) is 2.90. The molecule has 0 fully saturated rings. The quantitative estimate of drug-likeness (QED) is 0.834. The lowest BCUT2D eigenvalue weighted by atomic mass is 10.1. The van der Waals surface area contributed by atoms with Crippen LogP contribution in [-0.2, 0) is 6.54 Å². The van der Waals surface area contributed by atoms with E-state index in [2.05, 4.69) is 18.3 Å². The molecule has 1 aromatic heterocycles. The number of para-hydroxylation sites is 1. The molecule has 3 nitrogen and oxygen atoms in total. The highest BCUT2D eigenvalue weighted by Crippen LogP contribution is 2.20. The van der Waals surface area contributed by atoms with Crippen molar-refractivity contribution in [2.75, 3.05) is 0 Å². The topological polar surface area (TPSA) is 45.4 Å². The van der Waals surface area contributed by atoms with Gasteiger partial charge in [0, 0.05) is 23.5 Å². The summed E-state index contributed by atoms with van der Waals surface area (Å²) in [5.74, 6) is 0. The van der Waals surface area contributed by atoms with Crippen molar-refractivity contribution >= 4 is 11.0 Å². The van der Waals surface area contributed by atoms with E-state index in [4.69, 9.17) is 4.42 Å². The molecule has 1 aromatic carbocycles. The molecule has 0 aliphatic heterocycles. The summed E-state index contributed by atoms with van der Waals surface area (Å²) in [6.07, 6.45) is 2.29. The number of nitrogens with one attached hydrogen (secondary N) is 1. The number of aliphatic hydroxyl groups is 1. The van der Waals surface area contributed by atoms with Gasteiger partial charge in [0.2, 0.25) is 0 Å². The highest BCUT2D eigenvalue weighted by molar-refractivity contribution is 5.80. The summed E-state index contributed by atoms with van der Waals surface area (Å²) in [7, 11) is 0. The molecule has 0 spiro atoms.